The number of piperazine rings is 1. The number of ether oxygens (including phenoxy) is 1. The van der Waals surface area contributed by atoms with Crippen molar-refractivity contribution in [2.75, 3.05) is 38.2 Å². The zero-order valence-electron chi connectivity index (χ0n) is 16.6. The van der Waals surface area contributed by atoms with Gasteiger partial charge in [-0.15, -0.1) is 22.7 Å². The highest BCUT2D eigenvalue weighted by Crippen LogP contribution is 2.35. The first-order valence-corrected chi connectivity index (χ1v) is 12.4. The summed E-state index contributed by atoms with van der Waals surface area (Å²) in [4.78, 5) is 8.81. The summed E-state index contributed by atoms with van der Waals surface area (Å²) >= 11 is 3.06. The quantitative estimate of drug-likeness (QED) is 0.589. The molecular formula is C20H23N3O3S3. The minimum atomic E-state index is -3.52. The van der Waals surface area contributed by atoms with E-state index in [0.717, 1.165) is 31.9 Å². The Labute approximate surface area is 179 Å². The van der Waals surface area contributed by atoms with E-state index in [2.05, 4.69) is 9.88 Å². The lowest BCUT2D eigenvalue weighted by Gasteiger charge is -2.35. The van der Waals surface area contributed by atoms with Crippen molar-refractivity contribution in [2.24, 2.45) is 0 Å². The zero-order chi connectivity index (χ0) is 20.6. The van der Waals surface area contributed by atoms with Crippen LogP contribution in [0.15, 0.2) is 40.6 Å². The molecule has 154 valence electrons. The number of aryl methyl sites for hydroxylation is 2. The van der Waals surface area contributed by atoms with Crippen molar-refractivity contribution < 1.29 is 13.2 Å². The largest absolute Gasteiger partial charge is 0.497 e. The SMILES string of the molecule is COc1ccc(N2CCN(S(=O)(=O)c3cc(-c4csc(C)n4)sc3C)CC2)cc1. The molecule has 0 unspecified atom stereocenters. The molecule has 3 heterocycles. The van der Waals surface area contributed by atoms with E-state index in [-0.39, 0.29) is 0 Å². The lowest BCUT2D eigenvalue weighted by atomic mass is 10.2. The van der Waals surface area contributed by atoms with Gasteiger partial charge in [0.05, 0.1) is 27.6 Å². The molecule has 6 nitrogen and oxygen atoms in total. The highest BCUT2D eigenvalue weighted by Gasteiger charge is 2.31. The monoisotopic (exact) mass is 449 g/mol. The molecule has 4 rings (SSSR count). The fourth-order valence-electron chi connectivity index (χ4n) is 3.44. The number of benzene rings is 1. The van der Waals surface area contributed by atoms with Gasteiger partial charge in [0.2, 0.25) is 10.0 Å². The molecule has 9 heteroatoms. The molecular weight excluding hydrogens is 426 g/mol. The number of hydrogen-bond donors (Lipinski definition) is 0. The van der Waals surface area contributed by atoms with E-state index in [9.17, 15) is 8.42 Å². The van der Waals surface area contributed by atoms with Gasteiger partial charge in [-0.3, -0.25) is 0 Å². The maximum absolute atomic E-state index is 13.3. The molecule has 1 aliphatic heterocycles. The van der Waals surface area contributed by atoms with Crippen molar-refractivity contribution in [2.45, 2.75) is 18.7 Å². The average molecular weight is 450 g/mol. The predicted molar refractivity (Wildman–Crippen MR) is 119 cm³/mol. The number of thiophene rings is 1. The normalized spacial score (nSPS) is 15.6. The molecule has 0 radical (unpaired) electrons. The van der Waals surface area contributed by atoms with Gasteiger partial charge in [0.25, 0.3) is 0 Å². The topological polar surface area (TPSA) is 62.7 Å². The fraction of sp³-hybridized carbons (Fsp3) is 0.350. The van der Waals surface area contributed by atoms with E-state index in [4.69, 9.17) is 4.74 Å². The van der Waals surface area contributed by atoms with Gasteiger partial charge >= 0.3 is 0 Å². The third kappa shape index (κ3) is 4.05. The van der Waals surface area contributed by atoms with Crippen LogP contribution < -0.4 is 9.64 Å². The summed E-state index contributed by atoms with van der Waals surface area (Å²) in [5.74, 6) is 0.814. The Morgan fingerprint density at radius 2 is 1.76 bits per heavy atom. The van der Waals surface area contributed by atoms with E-state index < -0.39 is 10.0 Å². The third-order valence-electron chi connectivity index (χ3n) is 5.04. The van der Waals surface area contributed by atoms with Crippen LogP contribution in [0, 0.1) is 13.8 Å². The standard InChI is InChI=1S/C20H23N3O3S3/c1-14-20(12-19(28-14)18-13-27-15(2)21-18)29(24,25)23-10-8-22(9-11-23)16-4-6-17(26-3)7-5-16/h4-7,12-13H,8-11H2,1-3H3. The summed E-state index contributed by atoms with van der Waals surface area (Å²) in [7, 11) is -1.87. The Bertz CT molecular complexity index is 1100. The van der Waals surface area contributed by atoms with Gasteiger partial charge in [-0.05, 0) is 44.2 Å². The van der Waals surface area contributed by atoms with Gasteiger partial charge in [-0.1, -0.05) is 0 Å². The van der Waals surface area contributed by atoms with Crippen molar-refractivity contribution in [3.05, 3.63) is 45.6 Å². The van der Waals surface area contributed by atoms with E-state index in [1.54, 1.807) is 28.8 Å². The second kappa shape index (κ2) is 8.06. The number of anilines is 1. The molecule has 0 spiro atoms. The van der Waals surface area contributed by atoms with E-state index in [0.29, 0.717) is 31.1 Å². The molecule has 1 aromatic carbocycles. The van der Waals surface area contributed by atoms with Crippen LogP contribution >= 0.6 is 22.7 Å². The van der Waals surface area contributed by atoms with Crippen LogP contribution in [0.4, 0.5) is 5.69 Å². The minimum Gasteiger partial charge on any atom is -0.497 e. The Morgan fingerprint density at radius 3 is 2.34 bits per heavy atom. The molecule has 0 bridgehead atoms. The van der Waals surface area contributed by atoms with Crippen LogP contribution in [0.5, 0.6) is 5.75 Å². The lowest BCUT2D eigenvalue weighted by Crippen LogP contribution is -2.48. The average Bonchev–Trinajstić information content (AvgIpc) is 3.34. The number of hydrogen-bond acceptors (Lipinski definition) is 7. The van der Waals surface area contributed by atoms with Crippen LogP contribution in [-0.2, 0) is 10.0 Å². The van der Waals surface area contributed by atoms with Gasteiger partial charge < -0.3 is 9.64 Å². The molecule has 2 aromatic heterocycles. The van der Waals surface area contributed by atoms with Crippen molar-refractivity contribution in [1.29, 1.82) is 0 Å². The molecule has 0 aliphatic carbocycles. The minimum absolute atomic E-state index is 0.404. The molecule has 0 atom stereocenters. The summed E-state index contributed by atoms with van der Waals surface area (Å²) < 4.78 is 33.3. The lowest BCUT2D eigenvalue weighted by molar-refractivity contribution is 0.384. The summed E-state index contributed by atoms with van der Waals surface area (Å²) in [5.41, 5.74) is 1.93. The molecule has 0 saturated carbocycles. The first-order valence-electron chi connectivity index (χ1n) is 9.30. The summed E-state index contributed by atoms with van der Waals surface area (Å²) in [6, 6.07) is 9.64. The van der Waals surface area contributed by atoms with E-state index >= 15 is 0 Å². The molecule has 0 N–H and O–H groups in total. The summed E-state index contributed by atoms with van der Waals surface area (Å²) in [6.45, 7) is 6.08. The van der Waals surface area contributed by atoms with Gasteiger partial charge in [0.15, 0.2) is 0 Å². The number of rotatable bonds is 5. The highest BCUT2D eigenvalue weighted by atomic mass is 32.2. The summed E-state index contributed by atoms with van der Waals surface area (Å²) in [6.07, 6.45) is 0. The zero-order valence-corrected chi connectivity index (χ0v) is 19.0. The van der Waals surface area contributed by atoms with Crippen LogP contribution in [0.1, 0.15) is 9.88 Å². The molecule has 29 heavy (non-hydrogen) atoms. The maximum Gasteiger partial charge on any atom is 0.244 e. The van der Waals surface area contributed by atoms with Crippen molar-refractivity contribution in [1.82, 2.24) is 9.29 Å². The van der Waals surface area contributed by atoms with Crippen LogP contribution in [0.25, 0.3) is 10.6 Å². The molecule has 1 fully saturated rings. The van der Waals surface area contributed by atoms with Crippen molar-refractivity contribution >= 4 is 38.4 Å². The Hall–Kier alpha value is -1.94. The van der Waals surface area contributed by atoms with Gasteiger partial charge in [0, 0.05) is 42.1 Å². The fourth-order valence-corrected chi connectivity index (χ4v) is 7.07. The number of aromatic nitrogens is 1. The number of sulfonamides is 1. The van der Waals surface area contributed by atoms with Crippen LogP contribution in [0.2, 0.25) is 0 Å². The van der Waals surface area contributed by atoms with E-state index in [1.807, 2.05) is 43.5 Å². The maximum atomic E-state index is 13.3. The number of methoxy groups -OCH3 is 1. The first-order chi connectivity index (χ1) is 13.9. The number of nitrogens with zero attached hydrogens (tertiary/aromatic N) is 3. The molecule has 3 aromatic rings. The first kappa shape index (κ1) is 20.3. The molecule has 1 aliphatic rings. The predicted octanol–water partition coefficient (Wildman–Crippen LogP) is 4.01. The van der Waals surface area contributed by atoms with Gasteiger partial charge in [-0.2, -0.15) is 4.31 Å². The van der Waals surface area contributed by atoms with Gasteiger partial charge in [0.1, 0.15) is 5.75 Å². The third-order valence-corrected chi connectivity index (χ3v) is 9.04. The summed E-state index contributed by atoms with van der Waals surface area (Å²) in [5, 5.41) is 2.95. The van der Waals surface area contributed by atoms with E-state index in [1.165, 1.54) is 11.3 Å². The Kier molecular flexibility index (Phi) is 5.65. The number of thiazole rings is 1. The van der Waals surface area contributed by atoms with Gasteiger partial charge in [-0.25, -0.2) is 13.4 Å². The Morgan fingerprint density at radius 1 is 1.07 bits per heavy atom. The molecule has 0 amide bonds. The Balaban J connectivity index is 1.49. The van der Waals surface area contributed by atoms with Crippen LogP contribution in [-0.4, -0.2) is 51.0 Å². The van der Waals surface area contributed by atoms with Crippen LogP contribution in [0.3, 0.4) is 0 Å². The molecule has 1 saturated heterocycles. The highest BCUT2D eigenvalue weighted by molar-refractivity contribution is 7.89. The van der Waals surface area contributed by atoms with Crippen molar-refractivity contribution in [3.63, 3.8) is 0 Å². The smallest absolute Gasteiger partial charge is 0.244 e. The second-order valence-corrected chi connectivity index (χ2v) is 11.1. The second-order valence-electron chi connectivity index (χ2n) is 6.87. The van der Waals surface area contributed by atoms with Crippen molar-refractivity contribution in [3.8, 4) is 16.3 Å².